The molecule has 2 nitrogen and oxygen atoms in total. The lowest BCUT2D eigenvalue weighted by Crippen LogP contribution is -2.40. The Morgan fingerprint density at radius 3 is 2.33 bits per heavy atom. The SMILES string of the molecule is CCOC(=O)CC1(C)CCCCC1(C)C. The molecule has 2 heteroatoms. The summed E-state index contributed by atoms with van der Waals surface area (Å²) in [5, 5.41) is 0. The van der Waals surface area contributed by atoms with Crippen LogP contribution < -0.4 is 0 Å². The highest BCUT2D eigenvalue weighted by atomic mass is 16.5. The summed E-state index contributed by atoms with van der Waals surface area (Å²) in [6, 6.07) is 0. The summed E-state index contributed by atoms with van der Waals surface area (Å²) in [4.78, 5) is 11.6. The summed E-state index contributed by atoms with van der Waals surface area (Å²) in [5.74, 6) is -0.0324. The minimum Gasteiger partial charge on any atom is -0.466 e. The van der Waals surface area contributed by atoms with Crippen LogP contribution in [0.3, 0.4) is 0 Å². The third-order valence-corrected chi connectivity index (χ3v) is 4.25. The second-order valence-electron chi connectivity index (χ2n) is 5.63. The van der Waals surface area contributed by atoms with Crippen molar-refractivity contribution in [2.45, 2.75) is 59.8 Å². The van der Waals surface area contributed by atoms with Crippen molar-refractivity contribution in [1.82, 2.24) is 0 Å². The van der Waals surface area contributed by atoms with Crippen molar-refractivity contribution in [3.8, 4) is 0 Å². The van der Waals surface area contributed by atoms with Crippen LogP contribution in [0, 0.1) is 10.8 Å². The van der Waals surface area contributed by atoms with Gasteiger partial charge in [0.15, 0.2) is 0 Å². The summed E-state index contributed by atoms with van der Waals surface area (Å²) in [6.45, 7) is 9.17. The summed E-state index contributed by atoms with van der Waals surface area (Å²) in [7, 11) is 0. The molecule has 15 heavy (non-hydrogen) atoms. The van der Waals surface area contributed by atoms with Crippen LogP contribution >= 0.6 is 0 Å². The zero-order chi connectivity index (χ0) is 11.5. The van der Waals surface area contributed by atoms with Gasteiger partial charge in [-0.1, -0.05) is 33.6 Å². The molecule has 0 amide bonds. The zero-order valence-corrected chi connectivity index (χ0v) is 10.6. The zero-order valence-electron chi connectivity index (χ0n) is 10.6. The number of ether oxygens (including phenoxy) is 1. The molecule has 0 heterocycles. The van der Waals surface area contributed by atoms with Gasteiger partial charge in [0.05, 0.1) is 13.0 Å². The van der Waals surface area contributed by atoms with Gasteiger partial charge in [-0.05, 0) is 30.6 Å². The predicted molar refractivity (Wildman–Crippen MR) is 61.6 cm³/mol. The number of carbonyl (C=O) groups excluding carboxylic acids is 1. The van der Waals surface area contributed by atoms with Gasteiger partial charge in [0.1, 0.15) is 0 Å². The molecule has 1 aliphatic rings. The van der Waals surface area contributed by atoms with Crippen molar-refractivity contribution >= 4 is 5.97 Å². The first-order chi connectivity index (χ1) is 6.91. The Hall–Kier alpha value is -0.530. The minimum absolute atomic E-state index is 0.0324. The lowest BCUT2D eigenvalue weighted by atomic mass is 9.57. The first kappa shape index (κ1) is 12.5. The molecule has 0 spiro atoms. The van der Waals surface area contributed by atoms with Crippen LogP contribution in [0.25, 0.3) is 0 Å². The van der Waals surface area contributed by atoms with Gasteiger partial charge < -0.3 is 4.74 Å². The number of hydrogen-bond acceptors (Lipinski definition) is 2. The Morgan fingerprint density at radius 2 is 1.80 bits per heavy atom. The quantitative estimate of drug-likeness (QED) is 0.669. The maximum absolute atomic E-state index is 11.6. The Bertz CT molecular complexity index is 233. The second-order valence-corrected chi connectivity index (χ2v) is 5.63. The normalized spacial score (nSPS) is 29.9. The van der Waals surface area contributed by atoms with Crippen molar-refractivity contribution in [2.75, 3.05) is 6.61 Å². The molecule has 0 bridgehead atoms. The first-order valence-corrected chi connectivity index (χ1v) is 6.07. The van der Waals surface area contributed by atoms with E-state index in [1.807, 2.05) is 6.92 Å². The van der Waals surface area contributed by atoms with Crippen LogP contribution in [-0.2, 0) is 9.53 Å². The highest BCUT2D eigenvalue weighted by Crippen LogP contribution is 2.52. The van der Waals surface area contributed by atoms with E-state index in [-0.39, 0.29) is 16.8 Å². The number of rotatable bonds is 3. The van der Waals surface area contributed by atoms with Gasteiger partial charge in [-0.25, -0.2) is 0 Å². The predicted octanol–water partition coefficient (Wildman–Crippen LogP) is 3.55. The lowest BCUT2D eigenvalue weighted by molar-refractivity contribution is -0.149. The molecular weight excluding hydrogens is 188 g/mol. The molecular formula is C13H24O2. The van der Waals surface area contributed by atoms with Crippen molar-refractivity contribution in [1.29, 1.82) is 0 Å². The highest BCUT2D eigenvalue weighted by Gasteiger charge is 2.44. The molecule has 1 rings (SSSR count). The van der Waals surface area contributed by atoms with Gasteiger partial charge in [-0.3, -0.25) is 4.79 Å². The van der Waals surface area contributed by atoms with E-state index in [1.54, 1.807) is 0 Å². The number of carbonyl (C=O) groups is 1. The first-order valence-electron chi connectivity index (χ1n) is 6.07. The summed E-state index contributed by atoms with van der Waals surface area (Å²) in [6.07, 6.45) is 5.50. The molecule has 1 aliphatic carbocycles. The fourth-order valence-corrected chi connectivity index (χ4v) is 2.58. The third kappa shape index (κ3) is 2.73. The van der Waals surface area contributed by atoms with E-state index in [0.29, 0.717) is 13.0 Å². The fourth-order valence-electron chi connectivity index (χ4n) is 2.58. The van der Waals surface area contributed by atoms with Crippen LogP contribution in [0.4, 0.5) is 0 Å². The van der Waals surface area contributed by atoms with Crippen molar-refractivity contribution in [2.24, 2.45) is 10.8 Å². The van der Waals surface area contributed by atoms with Gasteiger partial charge in [-0.15, -0.1) is 0 Å². The average molecular weight is 212 g/mol. The maximum Gasteiger partial charge on any atom is 0.306 e. The Labute approximate surface area is 93.4 Å². The van der Waals surface area contributed by atoms with Gasteiger partial charge in [0.25, 0.3) is 0 Å². The smallest absolute Gasteiger partial charge is 0.306 e. The largest absolute Gasteiger partial charge is 0.466 e. The van der Waals surface area contributed by atoms with Gasteiger partial charge in [0.2, 0.25) is 0 Å². The Balaban J connectivity index is 2.66. The highest BCUT2D eigenvalue weighted by molar-refractivity contribution is 5.70. The standard InChI is InChI=1S/C13H24O2/c1-5-15-11(14)10-13(4)9-7-6-8-12(13,2)3/h5-10H2,1-4H3. The third-order valence-electron chi connectivity index (χ3n) is 4.25. The van der Waals surface area contributed by atoms with Gasteiger partial charge >= 0.3 is 5.97 Å². The summed E-state index contributed by atoms with van der Waals surface area (Å²) < 4.78 is 5.06. The van der Waals surface area contributed by atoms with Crippen LogP contribution in [0.2, 0.25) is 0 Å². The van der Waals surface area contributed by atoms with Crippen molar-refractivity contribution in [3.05, 3.63) is 0 Å². The van der Waals surface area contributed by atoms with E-state index in [9.17, 15) is 4.79 Å². The molecule has 0 radical (unpaired) electrons. The molecule has 0 aromatic heterocycles. The van der Waals surface area contributed by atoms with Crippen LogP contribution in [-0.4, -0.2) is 12.6 Å². The van der Waals surface area contributed by atoms with Crippen molar-refractivity contribution < 1.29 is 9.53 Å². The molecule has 1 fully saturated rings. The number of hydrogen-bond donors (Lipinski definition) is 0. The Kier molecular flexibility index (Phi) is 3.80. The van der Waals surface area contributed by atoms with E-state index >= 15 is 0 Å². The fraction of sp³-hybridized carbons (Fsp3) is 0.923. The average Bonchev–Trinajstić information content (AvgIpc) is 2.11. The molecule has 88 valence electrons. The molecule has 0 N–H and O–H groups in total. The van der Waals surface area contributed by atoms with E-state index in [2.05, 4.69) is 20.8 Å². The number of esters is 1. The molecule has 0 aromatic carbocycles. The van der Waals surface area contributed by atoms with E-state index in [0.717, 1.165) is 6.42 Å². The molecule has 0 saturated heterocycles. The van der Waals surface area contributed by atoms with Gasteiger partial charge in [0, 0.05) is 0 Å². The maximum atomic E-state index is 11.6. The van der Waals surface area contributed by atoms with Gasteiger partial charge in [-0.2, -0.15) is 0 Å². The Morgan fingerprint density at radius 1 is 1.20 bits per heavy atom. The summed E-state index contributed by atoms with van der Waals surface area (Å²) >= 11 is 0. The monoisotopic (exact) mass is 212 g/mol. The van der Waals surface area contributed by atoms with Crippen LogP contribution in [0.15, 0.2) is 0 Å². The lowest BCUT2D eigenvalue weighted by Gasteiger charge is -2.47. The van der Waals surface area contributed by atoms with E-state index in [1.165, 1.54) is 19.3 Å². The molecule has 1 atom stereocenters. The van der Waals surface area contributed by atoms with E-state index < -0.39 is 0 Å². The van der Waals surface area contributed by atoms with E-state index in [4.69, 9.17) is 4.74 Å². The summed E-state index contributed by atoms with van der Waals surface area (Å²) in [5.41, 5.74) is 0.384. The molecule has 0 aliphatic heterocycles. The molecule has 1 unspecified atom stereocenters. The topological polar surface area (TPSA) is 26.3 Å². The molecule has 0 aromatic rings. The molecule has 1 saturated carbocycles. The van der Waals surface area contributed by atoms with Crippen LogP contribution in [0.1, 0.15) is 59.8 Å². The van der Waals surface area contributed by atoms with Crippen molar-refractivity contribution in [3.63, 3.8) is 0 Å². The van der Waals surface area contributed by atoms with Crippen LogP contribution in [0.5, 0.6) is 0 Å². The second kappa shape index (κ2) is 4.54. The minimum atomic E-state index is -0.0324.